The molecule has 6 aliphatic rings. The van der Waals surface area contributed by atoms with Crippen LogP contribution in [0, 0.1) is 17.8 Å². The Kier molecular flexibility index (Phi) is 13.3. The van der Waals surface area contributed by atoms with Crippen molar-refractivity contribution in [3.8, 4) is 29.1 Å². The molecule has 5 heterocycles. The Labute approximate surface area is 448 Å². The fourth-order valence-electron chi connectivity index (χ4n) is 12.9. The number of carbonyl (C=O) groups is 4. The van der Waals surface area contributed by atoms with Crippen LogP contribution in [-0.4, -0.2) is 93.3 Å². The Morgan fingerprint density at radius 2 is 1.39 bits per heavy atom. The van der Waals surface area contributed by atoms with Crippen LogP contribution in [0.15, 0.2) is 152 Å². The molecule has 1 aliphatic carbocycles. The van der Waals surface area contributed by atoms with Gasteiger partial charge in [0, 0.05) is 38.3 Å². The molecule has 3 saturated heterocycles. The number of imide groups is 1. The topological polar surface area (TPSA) is 161 Å². The van der Waals surface area contributed by atoms with E-state index in [1.807, 2.05) is 121 Å². The molecule has 1 saturated carbocycles. The van der Waals surface area contributed by atoms with E-state index in [1.54, 1.807) is 47.4 Å². The van der Waals surface area contributed by atoms with Crippen LogP contribution >= 0.6 is 0 Å². The first kappa shape index (κ1) is 49.9. The van der Waals surface area contributed by atoms with Crippen LogP contribution < -0.4 is 19.7 Å². The fourth-order valence-corrected chi connectivity index (χ4v) is 12.9. The van der Waals surface area contributed by atoms with Gasteiger partial charge in [-0.2, -0.15) is 0 Å². The minimum Gasteiger partial charge on any atom is -0.508 e. The van der Waals surface area contributed by atoms with Crippen molar-refractivity contribution in [1.29, 1.82) is 0 Å². The number of urea groups is 1. The van der Waals surface area contributed by atoms with Crippen LogP contribution in [0.3, 0.4) is 0 Å². The summed E-state index contributed by atoms with van der Waals surface area (Å²) < 4.78 is 18.0. The lowest BCUT2D eigenvalue weighted by Gasteiger charge is -2.46. The summed E-state index contributed by atoms with van der Waals surface area (Å²) in [6, 6.07) is 41.8. The van der Waals surface area contributed by atoms with Gasteiger partial charge in [0.2, 0.25) is 18.6 Å². The Morgan fingerprint density at radius 3 is 2.09 bits per heavy atom. The molecule has 77 heavy (non-hydrogen) atoms. The van der Waals surface area contributed by atoms with Crippen LogP contribution in [-0.2, 0) is 31.1 Å². The quantitative estimate of drug-likeness (QED) is 0.0758. The second-order valence-electron chi connectivity index (χ2n) is 21.3. The summed E-state index contributed by atoms with van der Waals surface area (Å²) in [6.07, 6.45) is 3.82. The zero-order valence-corrected chi connectivity index (χ0v) is 42.9. The number of esters is 1. The van der Waals surface area contributed by atoms with Crippen LogP contribution in [0.4, 0.5) is 10.5 Å². The molecule has 5 aliphatic heterocycles. The number of fused-ring (bicyclic) bond motifs is 4. The molecule has 0 unspecified atom stereocenters. The summed E-state index contributed by atoms with van der Waals surface area (Å²) in [4.78, 5) is 71.7. The molecule has 6 aromatic rings. The predicted octanol–water partition coefficient (Wildman–Crippen LogP) is 9.04. The zero-order valence-electron chi connectivity index (χ0n) is 42.9. The molecule has 14 heteroatoms. The Bertz CT molecular complexity index is 3260. The van der Waals surface area contributed by atoms with Crippen LogP contribution in [0.1, 0.15) is 109 Å². The highest BCUT2D eigenvalue weighted by Crippen LogP contribution is 2.66. The minimum atomic E-state index is -2.01. The highest BCUT2D eigenvalue weighted by atomic mass is 16.7. The summed E-state index contributed by atoms with van der Waals surface area (Å²) >= 11 is 0. The van der Waals surface area contributed by atoms with E-state index in [4.69, 9.17) is 14.2 Å². The largest absolute Gasteiger partial charge is 0.508 e. The number of phenolic OH excluding ortho intramolecular Hbond substituents is 1. The summed E-state index contributed by atoms with van der Waals surface area (Å²) in [6.45, 7) is 4.14. The molecular weight excluding hydrogens is 971 g/mol. The average molecular weight is 1030 g/mol. The third-order valence-electron chi connectivity index (χ3n) is 16.7. The fraction of sp³-hybridized carbons (Fsp3) is 0.333. The number of nitrogens with zero attached hydrogens (tertiary/aromatic N) is 4. The average Bonchev–Trinajstić information content (AvgIpc) is 4.12. The molecule has 14 nitrogen and oxygen atoms in total. The van der Waals surface area contributed by atoms with Gasteiger partial charge in [0.15, 0.2) is 11.5 Å². The van der Waals surface area contributed by atoms with E-state index >= 15 is 19.2 Å². The number of carbonyl (C=O) groups excluding carboxylic acids is 4. The standard InChI is InChI=1S/C63H61N5O9/c1-41(44-15-7-4-8-16-44)64-61(73)67-50-27-21-42(29-32-62(74)30-13-2-3-14-31-62)37-49(50)63(60(67)72)53(58(70)66-35-33-65(34-36-66)39-43-22-28-51-52(38-43)76-40-75-51)55-59(71)77-56(46-19-11-6-12-20-46)54(45-17-9-5-10-18-45)68(55)57(63)47-23-25-48(69)26-24-47/h4-12,15-28,37-38,41,53-57,69,74H,2-3,13-14,30-31,33-36,39-40H2,1H3,(H,64,73)/t41-,53+,54+,55+,56-,57-,63+/m1/s1. The molecule has 3 N–H and O–H groups in total. The van der Waals surface area contributed by atoms with Crippen molar-refractivity contribution in [2.75, 3.05) is 37.9 Å². The van der Waals surface area contributed by atoms with Gasteiger partial charge >= 0.3 is 12.0 Å². The number of morpholine rings is 1. The van der Waals surface area contributed by atoms with E-state index in [0.29, 0.717) is 66.2 Å². The van der Waals surface area contributed by atoms with Gasteiger partial charge in [-0.3, -0.25) is 24.2 Å². The lowest BCUT2D eigenvalue weighted by Crippen LogP contribution is -2.59. The first-order chi connectivity index (χ1) is 37.5. The molecule has 0 aromatic heterocycles. The number of hydrogen-bond donors (Lipinski definition) is 3. The Balaban J connectivity index is 1.05. The second-order valence-corrected chi connectivity index (χ2v) is 21.3. The number of cyclic esters (lactones) is 1. The monoisotopic (exact) mass is 1030 g/mol. The zero-order chi connectivity index (χ0) is 52.8. The van der Waals surface area contributed by atoms with E-state index in [2.05, 4.69) is 22.1 Å². The number of anilines is 1. The summed E-state index contributed by atoms with van der Waals surface area (Å²) in [5, 5.41) is 25.9. The number of ether oxygens (including phenoxy) is 3. The molecule has 0 radical (unpaired) electrons. The van der Waals surface area contributed by atoms with Crippen molar-refractivity contribution in [1.82, 2.24) is 20.0 Å². The lowest BCUT2D eigenvalue weighted by molar-refractivity contribution is -0.179. The van der Waals surface area contributed by atoms with Gasteiger partial charge in [0.1, 0.15) is 28.9 Å². The van der Waals surface area contributed by atoms with Crippen LogP contribution in [0.2, 0.25) is 0 Å². The van der Waals surface area contributed by atoms with Crippen molar-refractivity contribution in [3.63, 3.8) is 0 Å². The molecule has 1 spiro atoms. The number of amides is 4. The van der Waals surface area contributed by atoms with Gasteiger partial charge in [-0.15, -0.1) is 0 Å². The number of rotatable bonds is 8. The third-order valence-corrected chi connectivity index (χ3v) is 16.7. The molecule has 0 bridgehead atoms. The first-order valence-corrected chi connectivity index (χ1v) is 26.9. The van der Waals surface area contributed by atoms with Gasteiger partial charge in [-0.1, -0.05) is 134 Å². The highest BCUT2D eigenvalue weighted by Gasteiger charge is 2.76. The number of phenols is 1. The van der Waals surface area contributed by atoms with E-state index < -0.39 is 71.0 Å². The number of nitrogens with one attached hydrogen (secondary N) is 1. The maximum Gasteiger partial charge on any atom is 0.329 e. The number of aromatic hydroxyl groups is 1. The van der Waals surface area contributed by atoms with Gasteiger partial charge in [0.05, 0.1) is 29.7 Å². The summed E-state index contributed by atoms with van der Waals surface area (Å²) in [5.74, 6) is 4.58. The number of benzene rings is 6. The normalized spacial score (nSPS) is 25.0. The van der Waals surface area contributed by atoms with Crippen molar-refractivity contribution in [2.24, 2.45) is 5.92 Å². The number of hydrogen-bond acceptors (Lipinski definition) is 11. The molecule has 7 atom stereocenters. The second kappa shape index (κ2) is 20.5. The van der Waals surface area contributed by atoms with Crippen molar-refractivity contribution in [3.05, 3.63) is 191 Å². The molecule has 4 amide bonds. The maximum absolute atomic E-state index is 16.9. The number of aliphatic hydroxyl groups is 1. The Morgan fingerprint density at radius 1 is 0.727 bits per heavy atom. The summed E-state index contributed by atoms with van der Waals surface area (Å²) in [5.41, 5.74) is 1.67. The lowest BCUT2D eigenvalue weighted by atomic mass is 9.64. The molecule has 12 rings (SSSR count). The van der Waals surface area contributed by atoms with Crippen molar-refractivity contribution in [2.45, 2.75) is 93.3 Å². The van der Waals surface area contributed by atoms with Crippen LogP contribution in [0.25, 0.3) is 0 Å². The molecule has 4 fully saturated rings. The Hall–Kier alpha value is -7.96. The van der Waals surface area contributed by atoms with Crippen LogP contribution in [0.5, 0.6) is 17.2 Å². The van der Waals surface area contributed by atoms with Crippen molar-refractivity contribution < 1.29 is 43.6 Å². The predicted molar refractivity (Wildman–Crippen MR) is 287 cm³/mol. The van der Waals surface area contributed by atoms with Gasteiger partial charge < -0.3 is 34.6 Å². The number of piperazine rings is 1. The third kappa shape index (κ3) is 9.05. The van der Waals surface area contributed by atoms with Gasteiger partial charge in [-0.25, -0.2) is 9.69 Å². The minimum absolute atomic E-state index is 0.0218. The summed E-state index contributed by atoms with van der Waals surface area (Å²) in [7, 11) is 0. The highest BCUT2D eigenvalue weighted by molar-refractivity contribution is 6.24. The van der Waals surface area contributed by atoms with Crippen molar-refractivity contribution >= 4 is 29.5 Å². The molecule has 6 aromatic carbocycles. The first-order valence-electron chi connectivity index (χ1n) is 26.9. The molecular formula is C63H61N5O9. The maximum atomic E-state index is 16.9. The molecule has 392 valence electrons. The van der Waals surface area contributed by atoms with E-state index in [0.717, 1.165) is 47.3 Å². The van der Waals surface area contributed by atoms with E-state index in [9.17, 15) is 10.2 Å². The van der Waals surface area contributed by atoms with E-state index in [-0.39, 0.29) is 31.3 Å². The van der Waals surface area contributed by atoms with Gasteiger partial charge in [0.25, 0.3) is 0 Å². The smallest absolute Gasteiger partial charge is 0.329 e. The van der Waals surface area contributed by atoms with Gasteiger partial charge in [-0.05, 0) is 108 Å². The SMILES string of the molecule is C[C@@H](NC(=O)N1C(=O)[C@@]2(c3cc(C#CC4(O)CCCCCC4)ccc31)[C@H](C(=O)N1CCN(Cc3ccc4c(c3)OCO4)CC1)[C@H]1C(=O)O[C@H](c3ccccc3)[C@H](c3ccccc3)N1[C@@H]2c1ccc(O)cc1)c1ccccc1. The van der Waals surface area contributed by atoms with E-state index in [1.165, 1.54) is 0 Å².